The molecule has 6 nitrogen and oxygen atoms in total. The molecule has 1 aliphatic heterocycles. The van der Waals surface area contributed by atoms with Crippen molar-refractivity contribution < 1.29 is 9.18 Å². The van der Waals surface area contributed by atoms with Gasteiger partial charge in [-0.1, -0.05) is 11.6 Å². The summed E-state index contributed by atoms with van der Waals surface area (Å²) in [5, 5.41) is 3.92. The molecule has 154 valence electrons. The Balaban J connectivity index is 1.43. The summed E-state index contributed by atoms with van der Waals surface area (Å²) in [6.45, 7) is 1.15. The molecule has 0 spiro atoms. The Labute approximate surface area is 174 Å². The smallest absolute Gasteiger partial charge is 0.253 e. The molecule has 1 saturated carbocycles. The van der Waals surface area contributed by atoms with Crippen LogP contribution in [0, 0.1) is 5.82 Å². The molecule has 4 rings (SSSR count). The van der Waals surface area contributed by atoms with E-state index in [4.69, 9.17) is 17.3 Å². The highest BCUT2D eigenvalue weighted by Gasteiger charge is 2.31. The number of halogens is 2. The predicted molar refractivity (Wildman–Crippen MR) is 111 cm³/mol. The molecule has 8 heteroatoms. The van der Waals surface area contributed by atoms with Crippen LogP contribution in [0.25, 0.3) is 0 Å². The summed E-state index contributed by atoms with van der Waals surface area (Å²) in [5.74, 6) is 0.173. The summed E-state index contributed by atoms with van der Waals surface area (Å²) < 4.78 is 13.1. The maximum Gasteiger partial charge on any atom is 0.253 e. The van der Waals surface area contributed by atoms with E-state index in [0.29, 0.717) is 35.7 Å². The minimum atomic E-state index is -0.353. The molecule has 2 aromatic rings. The summed E-state index contributed by atoms with van der Waals surface area (Å²) in [7, 11) is 0. The molecule has 0 radical (unpaired) electrons. The number of carbonyl (C=O) groups excluding carboxylic acids is 1. The summed E-state index contributed by atoms with van der Waals surface area (Å²) >= 11 is 6.39. The summed E-state index contributed by atoms with van der Waals surface area (Å²) in [6, 6.07) is 6.25. The second-order valence-corrected chi connectivity index (χ2v) is 8.33. The van der Waals surface area contributed by atoms with Crippen LogP contribution >= 0.6 is 11.6 Å². The Morgan fingerprint density at radius 3 is 2.62 bits per heavy atom. The van der Waals surface area contributed by atoms with Gasteiger partial charge in [0, 0.05) is 36.7 Å². The fourth-order valence-corrected chi connectivity index (χ4v) is 4.37. The highest BCUT2D eigenvalue weighted by Crippen LogP contribution is 2.32. The first kappa shape index (κ1) is 20.0. The fraction of sp³-hybridized carbons (Fsp3) is 0.476. The van der Waals surface area contributed by atoms with Crippen LogP contribution in [0.3, 0.4) is 0 Å². The van der Waals surface area contributed by atoms with Crippen LogP contribution in [0.2, 0.25) is 5.02 Å². The number of nitrogens with one attached hydrogen (secondary N) is 1. The molecule has 2 aliphatic rings. The zero-order valence-corrected chi connectivity index (χ0v) is 16.9. The molecule has 2 heterocycles. The normalized spacial score (nSPS) is 24.5. The second kappa shape index (κ2) is 8.63. The predicted octanol–water partition coefficient (Wildman–Crippen LogP) is 3.58. The number of hydrogen-bond acceptors (Lipinski definition) is 5. The van der Waals surface area contributed by atoms with Crippen LogP contribution in [0.5, 0.6) is 0 Å². The average molecular weight is 418 g/mol. The van der Waals surface area contributed by atoms with Crippen molar-refractivity contribution in [1.82, 2.24) is 14.9 Å². The second-order valence-electron chi connectivity index (χ2n) is 7.93. The molecular formula is C21H25ClFN5O. The summed E-state index contributed by atoms with van der Waals surface area (Å²) in [4.78, 5) is 23.5. The number of hydrogen-bond donors (Lipinski definition) is 2. The van der Waals surface area contributed by atoms with E-state index in [1.807, 2.05) is 0 Å². The van der Waals surface area contributed by atoms with Crippen molar-refractivity contribution in [3.05, 3.63) is 52.6 Å². The SMILES string of the molecule is NC1CCC(Nc2ncc(Cl)c(C3CCN(C(=O)c4ccc(F)cc4)C3)n2)CC1. The standard InChI is InChI=1S/C21H25ClFN5O/c22-18-11-25-21(26-17-7-5-16(24)6-8-17)27-19(18)14-9-10-28(12-14)20(29)13-1-3-15(23)4-2-13/h1-4,11,14,16-17H,5-10,12,24H2,(H,25,26,27). The van der Waals surface area contributed by atoms with Crippen LogP contribution in [0.4, 0.5) is 10.3 Å². The number of aromatic nitrogens is 2. The topological polar surface area (TPSA) is 84.1 Å². The van der Waals surface area contributed by atoms with Crippen molar-refractivity contribution in [3.63, 3.8) is 0 Å². The van der Waals surface area contributed by atoms with E-state index in [-0.39, 0.29) is 23.7 Å². The van der Waals surface area contributed by atoms with Gasteiger partial charge >= 0.3 is 0 Å². The minimum Gasteiger partial charge on any atom is -0.351 e. The molecule has 1 unspecified atom stereocenters. The molecule has 1 aliphatic carbocycles. The molecule has 3 N–H and O–H groups in total. The van der Waals surface area contributed by atoms with Gasteiger partial charge in [-0.3, -0.25) is 4.79 Å². The van der Waals surface area contributed by atoms with Gasteiger partial charge in [0.15, 0.2) is 0 Å². The maximum atomic E-state index is 13.1. The number of nitrogens with zero attached hydrogens (tertiary/aromatic N) is 3. The molecular weight excluding hydrogens is 393 g/mol. The first-order valence-corrected chi connectivity index (χ1v) is 10.5. The van der Waals surface area contributed by atoms with Crippen LogP contribution in [0.15, 0.2) is 30.5 Å². The average Bonchev–Trinajstić information content (AvgIpc) is 3.21. The molecule has 1 amide bonds. The van der Waals surface area contributed by atoms with Crippen molar-refractivity contribution in [3.8, 4) is 0 Å². The van der Waals surface area contributed by atoms with E-state index in [1.165, 1.54) is 24.3 Å². The van der Waals surface area contributed by atoms with Crippen molar-refractivity contribution in [2.45, 2.75) is 50.1 Å². The van der Waals surface area contributed by atoms with Gasteiger partial charge in [0.1, 0.15) is 5.82 Å². The van der Waals surface area contributed by atoms with Crippen LogP contribution in [-0.2, 0) is 0 Å². The monoisotopic (exact) mass is 417 g/mol. The van der Waals surface area contributed by atoms with Crippen LogP contribution < -0.4 is 11.1 Å². The van der Waals surface area contributed by atoms with Gasteiger partial charge in [-0.25, -0.2) is 14.4 Å². The quantitative estimate of drug-likeness (QED) is 0.794. The van der Waals surface area contributed by atoms with Crippen LogP contribution in [-0.4, -0.2) is 45.9 Å². The van der Waals surface area contributed by atoms with Gasteiger partial charge in [-0.15, -0.1) is 0 Å². The first-order valence-electron chi connectivity index (χ1n) is 10.1. The number of benzene rings is 1. The zero-order valence-electron chi connectivity index (χ0n) is 16.2. The lowest BCUT2D eigenvalue weighted by Crippen LogP contribution is -2.33. The van der Waals surface area contributed by atoms with E-state index < -0.39 is 0 Å². The van der Waals surface area contributed by atoms with Gasteiger partial charge in [0.05, 0.1) is 16.9 Å². The number of nitrogens with two attached hydrogens (primary N) is 1. The molecule has 1 saturated heterocycles. The Hall–Kier alpha value is -2.25. The number of rotatable bonds is 4. The molecule has 1 aromatic heterocycles. The Morgan fingerprint density at radius 1 is 1.17 bits per heavy atom. The number of likely N-dealkylation sites (tertiary alicyclic amines) is 1. The number of anilines is 1. The third kappa shape index (κ3) is 4.67. The fourth-order valence-electron chi connectivity index (χ4n) is 4.13. The van der Waals surface area contributed by atoms with E-state index in [2.05, 4.69) is 15.3 Å². The maximum absolute atomic E-state index is 13.1. The molecule has 1 aromatic carbocycles. The van der Waals surface area contributed by atoms with E-state index >= 15 is 0 Å². The van der Waals surface area contributed by atoms with Crippen molar-refractivity contribution in [1.29, 1.82) is 0 Å². The van der Waals surface area contributed by atoms with Gasteiger partial charge in [0.25, 0.3) is 5.91 Å². The highest BCUT2D eigenvalue weighted by molar-refractivity contribution is 6.31. The first-order chi connectivity index (χ1) is 14.0. The Bertz CT molecular complexity index is 870. The summed E-state index contributed by atoms with van der Waals surface area (Å²) in [6.07, 6.45) is 6.42. The zero-order chi connectivity index (χ0) is 20.4. The Morgan fingerprint density at radius 2 is 1.90 bits per heavy atom. The van der Waals surface area contributed by atoms with Gasteiger partial charge < -0.3 is 16.0 Å². The van der Waals surface area contributed by atoms with E-state index in [9.17, 15) is 9.18 Å². The molecule has 0 bridgehead atoms. The van der Waals surface area contributed by atoms with Crippen molar-refractivity contribution >= 4 is 23.5 Å². The van der Waals surface area contributed by atoms with Gasteiger partial charge in [-0.2, -0.15) is 0 Å². The van der Waals surface area contributed by atoms with E-state index in [1.54, 1.807) is 11.1 Å². The van der Waals surface area contributed by atoms with E-state index in [0.717, 1.165) is 37.8 Å². The third-order valence-electron chi connectivity index (χ3n) is 5.83. The molecule has 29 heavy (non-hydrogen) atoms. The lowest BCUT2D eigenvalue weighted by atomic mass is 9.92. The van der Waals surface area contributed by atoms with Gasteiger partial charge in [0.2, 0.25) is 5.95 Å². The third-order valence-corrected chi connectivity index (χ3v) is 6.12. The number of amides is 1. The minimum absolute atomic E-state index is 0.0511. The molecule has 1 atom stereocenters. The Kier molecular flexibility index (Phi) is 5.96. The van der Waals surface area contributed by atoms with Gasteiger partial charge in [-0.05, 0) is 56.4 Å². The lowest BCUT2D eigenvalue weighted by Gasteiger charge is -2.27. The van der Waals surface area contributed by atoms with Crippen molar-refractivity contribution in [2.24, 2.45) is 5.73 Å². The lowest BCUT2D eigenvalue weighted by molar-refractivity contribution is 0.0790. The number of carbonyl (C=O) groups is 1. The van der Waals surface area contributed by atoms with Crippen LogP contribution in [0.1, 0.15) is 54.1 Å². The van der Waals surface area contributed by atoms with Crippen molar-refractivity contribution in [2.75, 3.05) is 18.4 Å². The highest BCUT2D eigenvalue weighted by atomic mass is 35.5. The molecule has 2 fully saturated rings. The largest absolute Gasteiger partial charge is 0.351 e. The summed E-state index contributed by atoms with van der Waals surface area (Å²) in [5.41, 5.74) is 7.23.